The summed E-state index contributed by atoms with van der Waals surface area (Å²) in [6, 6.07) is 4.05. The highest BCUT2D eigenvalue weighted by molar-refractivity contribution is 7.10. The summed E-state index contributed by atoms with van der Waals surface area (Å²) in [4.78, 5) is 24.8. The molecule has 0 aliphatic heterocycles. The van der Waals surface area contributed by atoms with Crippen molar-refractivity contribution in [3.63, 3.8) is 0 Å². The Morgan fingerprint density at radius 2 is 1.90 bits per heavy atom. The molecule has 1 rings (SSSR count). The average Bonchev–Trinajstić information content (AvgIpc) is 2.97. The van der Waals surface area contributed by atoms with Crippen molar-refractivity contribution in [1.82, 2.24) is 5.32 Å². The van der Waals surface area contributed by atoms with Gasteiger partial charge in [-0.1, -0.05) is 33.8 Å². The Hall–Kier alpha value is -1.36. The van der Waals surface area contributed by atoms with Crippen molar-refractivity contribution in [1.29, 1.82) is 0 Å². The van der Waals surface area contributed by atoms with Crippen LogP contribution in [0.5, 0.6) is 0 Å². The van der Waals surface area contributed by atoms with Crippen LogP contribution in [0.3, 0.4) is 0 Å². The maximum absolute atomic E-state index is 12.1. The predicted octanol–water partition coefficient (Wildman–Crippen LogP) is 3.42. The van der Waals surface area contributed by atoms with Crippen LogP contribution in [0.15, 0.2) is 17.5 Å². The zero-order valence-corrected chi connectivity index (χ0v) is 14.0. The molecule has 4 nitrogen and oxygen atoms in total. The van der Waals surface area contributed by atoms with Gasteiger partial charge in [0.05, 0.1) is 5.41 Å². The molecule has 0 saturated heterocycles. The first-order valence-corrected chi connectivity index (χ1v) is 8.19. The largest absolute Gasteiger partial charge is 0.481 e. The number of carbonyl (C=O) groups is 2. The third-order valence-corrected chi connectivity index (χ3v) is 5.46. The van der Waals surface area contributed by atoms with E-state index in [1.807, 2.05) is 25.3 Å². The van der Waals surface area contributed by atoms with Crippen LogP contribution in [0.2, 0.25) is 0 Å². The van der Waals surface area contributed by atoms with Crippen LogP contribution in [0.1, 0.15) is 51.8 Å². The summed E-state index contributed by atoms with van der Waals surface area (Å²) in [6.07, 6.45) is 0.955. The van der Waals surface area contributed by atoms with Gasteiger partial charge in [0.2, 0.25) is 5.91 Å². The first kappa shape index (κ1) is 17.7. The number of hydrogen-bond donors (Lipinski definition) is 2. The first-order valence-electron chi connectivity index (χ1n) is 7.31. The zero-order valence-electron chi connectivity index (χ0n) is 13.2. The molecule has 2 N–H and O–H groups in total. The minimum atomic E-state index is -0.947. The molecule has 0 fully saturated rings. The van der Waals surface area contributed by atoms with Gasteiger partial charge < -0.3 is 10.4 Å². The lowest BCUT2D eigenvalue weighted by molar-refractivity contribution is -0.152. The SMILES string of the molecule is CCC(CC)(CC(=O)NCC(C)(C)c1cccs1)C(=O)O. The van der Waals surface area contributed by atoms with Crippen molar-refractivity contribution in [2.45, 2.75) is 52.4 Å². The number of amides is 1. The number of carbonyl (C=O) groups excluding carboxylic acids is 1. The van der Waals surface area contributed by atoms with E-state index in [0.29, 0.717) is 19.4 Å². The number of nitrogens with one attached hydrogen (secondary N) is 1. The predicted molar refractivity (Wildman–Crippen MR) is 85.6 cm³/mol. The number of carboxylic acids is 1. The van der Waals surface area contributed by atoms with E-state index >= 15 is 0 Å². The van der Waals surface area contributed by atoms with Gasteiger partial charge in [-0.05, 0) is 24.3 Å². The van der Waals surface area contributed by atoms with Gasteiger partial charge in [0.1, 0.15) is 0 Å². The molecule has 0 aliphatic rings. The highest BCUT2D eigenvalue weighted by Crippen LogP contribution is 2.31. The Balaban J connectivity index is 2.64. The molecule has 5 heteroatoms. The number of carboxylic acid groups (broad SMARTS) is 1. The van der Waals surface area contributed by atoms with Crippen molar-refractivity contribution >= 4 is 23.2 Å². The molecule has 1 aromatic heterocycles. The molecule has 0 radical (unpaired) electrons. The second-order valence-electron chi connectivity index (χ2n) is 6.11. The topological polar surface area (TPSA) is 66.4 Å². The molecule has 1 aromatic rings. The van der Waals surface area contributed by atoms with Crippen LogP contribution in [0, 0.1) is 5.41 Å². The molecular formula is C16H25NO3S. The van der Waals surface area contributed by atoms with Crippen molar-refractivity contribution < 1.29 is 14.7 Å². The summed E-state index contributed by atoms with van der Waals surface area (Å²) in [5.74, 6) is -1.08. The molecule has 0 aromatic carbocycles. The van der Waals surface area contributed by atoms with E-state index in [4.69, 9.17) is 0 Å². The van der Waals surface area contributed by atoms with Gasteiger partial charge in [0.25, 0.3) is 0 Å². The van der Waals surface area contributed by atoms with E-state index in [9.17, 15) is 14.7 Å². The van der Waals surface area contributed by atoms with Crippen LogP contribution < -0.4 is 5.32 Å². The molecule has 0 spiro atoms. The molecule has 1 heterocycles. The third-order valence-electron chi connectivity index (χ3n) is 4.22. The lowest BCUT2D eigenvalue weighted by Gasteiger charge is -2.28. The fraction of sp³-hybridized carbons (Fsp3) is 0.625. The fourth-order valence-corrected chi connectivity index (χ4v) is 3.17. The number of hydrogen-bond acceptors (Lipinski definition) is 3. The van der Waals surface area contributed by atoms with E-state index in [-0.39, 0.29) is 17.7 Å². The average molecular weight is 311 g/mol. The summed E-state index contributed by atoms with van der Waals surface area (Å²) >= 11 is 1.66. The van der Waals surface area contributed by atoms with Crippen molar-refractivity contribution in [2.24, 2.45) is 5.41 Å². The molecule has 21 heavy (non-hydrogen) atoms. The number of thiophene rings is 1. The molecule has 0 bridgehead atoms. The van der Waals surface area contributed by atoms with E-state index in [0.717, 1.165) is 0 Å². The first-order chi connectivity index (χ1) is 9.77. The minimum absolute atomic E-state index is 0.0376. The van der Waals surface area contributed by atoms with Crippen LogP contribution in [-0.4, -0.2) is 23.5 Å². The van der Waals surface area contributed by atoms with Gasteiger partial charge in [-0.3, -0.25) is 9.59 Å². The number of rotatable bonds is 8. The zero-order chi connectivity index (χ0) is 16.1. The highest BCUT2D eigenvalue weighted by atomic mass is 32.1. The summed E-state index contributed by atoms with van der Waals surface area (Å²) in [7, 11) is 0. The summed E-state index contributed by atoms with van der Waals surface area (Å²) in [6.45, 7) is 8.29. The van der Waals surface area contributed by atoms with Crippen LogP contribution >= 0.6 is 11.3 Å². The molecule has 0 aliphatic carbocycles. The quantitative estimate of drug-likeness (QED) is 0.773. The number of aliphatic carboxylic acids is 1. The van der Waals surface area contributed by atoms with Crippen LogP contribution in [0.25, 0.3) is 0 Å². The van der Waals surface area contributed by atoms with Gasteiger partial charge >= 0.3 is 5.97 Å². The molecule has 118 valence electrons. The standard InChI is InChI=1S/C16H25NO3S/c1-5-16(6-2,14(19)20)10-13(18)17-11-15(3,4)12-8-7-9-21-12/h7-9H,5-6,10-11H2,1-4H3,(H,17,18)(H,19,20). The van der Waals surface area contributed by atoms with Crippen molar-refractivity contribution in [3.8, 4) is 0 Å². The van der Waals surface area contributed by atoms with E-state index in [1.54, 1.807) is 11.3 Å². The lowest BCUT2D eigenvalue weighted by atomic mass is 9.79. The van der Waals surface area contributed by atoms with Crippen LogP contribution in [0.4, 0.5) is 0 Å². The molecule has 1 amide bonds. The molecule has 0 unspecified atom stereocenters. The summed E-state index contributed by atoms with van der Waals surface area (Å²) in [5, 5.41) is 14.3. The normalized spacial score (nSPS) is 12.2. The second-order valence-corrected chi connectivity index (χ2v) is 7.05. The van der Waals surface area contributed by atoms with Gasteiger partial charge in [0.15, 0.2) is 0 Å². The molecule has 0 atom stereocenters. The van der Waals surface area contributed by atoms with E-state index < -0.39 is 11.4 Å². The smallest absolute Gasteiger partial charge is 0.310 e. The Kier molecular flexibility index (Phi) is 5.96. The van der Waals surface area contributed by atoms with E-state index in [1.165, 1.54) is 4.88 Å². The van der Waals surface area contributed by atoms with Gasteiger partial charge in [-0.15, -0.1) is 11.3 Å². The van der Waals surface area contributed by atoms with E-state index in [2.05, 4.69) is 25.2 Å². The summed E-state index contributed by atoms with van der Waals surface area (Å²) in [5.41, 5.74) is -1.09. The van der Waals surface area contributed by atoms with Gasteiger partial charge in [-0.2, -0.15) is 0 Å². The Morgan fingerprint density at radius 1 is 1.29 bits per heavy atom. The Labute approximate surface area is 130 Å². The minimum Gasteiger partial charge on any atom is -0.481 e. The maximum Gasteiger partial charge on any atom is 0.310 e. The fourth-order valence-electron chi connectivity index (χ4n) is 2.32. The monoisotopic (exact) mass is 311 g/mol. The molecular weight excluding hydrogens is 286 g/mol. The highest BCUT2D eigenvalue weighted by Gasteiger charge is 2.37. The van der Waals surface area contributed by atoms with Crippen molar-refractivity contribution in [2.75, 3.05) is 6.54 Å². The Bertz CT molecular complexity index is 476. The van der Waals surface area contributed by atoms with Gasteiger partial charge in [0, 0.05) is 23.3 Å². The molecule has 0 saturated carbocycles. The van der Waals surface area contributed by atoms with Gasteiger partial charge in [-0.25, -0.2) is 0 Å². The second kappa shape index (κ2) is 7.07. The van der Waals surface area contributed by atoms with Crippen molar-refractivity contribution in [3.05, 3.63) is 22.4 Å². The maximum atomic E-state index is 12.1. The van der Waals surface area contributed by atoms with Crippen LogP contribution in [-0.2, 0) is 15.0 Å². The summed E-state index contributed by atoms with van der Waals surface area (Å²) < 4.78 is 0. The Morgan fingerprint density at radius 3 is 2.33 bits per heavy atom. The third kappa shape index (κ3) is 4.30. The lowest BCUT2D eigenvalue weighted by Crippen LogP contribution is -2.41.